The number of benzene rings is 1. The summed E-state index contributed by atoms with van der Waals surface area (Å²) in [6.07, 6.45) is 3.65. The number of anilines is 1. The lowest BCUT2D eigenvalue weighted by molar-refractivity contribution is -0.192. The molecule has 3 fully saturated rings. The number of carbonyl (C=O) groups is 1. The molecule has 40 heavy (non-hydrogen) atoms. The summed E-state index contributed by atoms with van der Waals surface area (Å²) >= 11 is 0. The first-order chi connectivity index (χ1) is 19.0. The van der Waals surface area contributed by atoms with Crippen LogP contribution in [-0.2, 0) is 14.8 Å². The highest BCUT2D eigenvalue weighted by atomic mass is 32.2. The van der Waals surface area contributed by atoms with E-state index >= 15 is 0 Å². The molecule has 5 rings (SSSR count). The predicted molar refractivity (Wildman–Crippen MR) is 148 cm³/mol. The number of pyridine rings is 1. The Morgan fingerprint density at radius 1 is 1.02 bits per heavy atom. The number of carboxylic acids is 1. The normalized spacial score (nSPS) is 23.2. The lowest BCUT2D eigenvalue weighted by Gasteiger charge is -2.27. The lowest BCUT2D eigenvalue weighted by Crippen LogP contribution is -2.30. The maximum atomic E-state index is 13.4. The van der Waals surface area contributed by atoms with Crippen molar-refractivity contribution >= 4 is 32.7 Å². The molecule has 2 aliphatic heterocycles. The van der Waals surface area contributed by atoms with E-state index in [-0.39, 0.29) is 0 Å². The molecule has 1 aliphatic carbocycles. The van der Waals surface area contributed by atoms with Gasteiger partial charge in [0.1, 0.15) is 5.82 Å². The molecule has 2 aromatic rings. The molecular weight excluding hydrogens is 545 g/mol. The van der Waals surface area contributed by atoms with Gasteiger partial charge in [-0.1, -0.05) is 39.0 Å². The second kappa shape index (κ2) is 13.0. The molecule has 2 atom stereocenters. The van der Waals surface area contributed by atoms with Crippen molar-refractivity contribution in [2.24, 2.45) is 17.8 Å². The largest absolute Gasteiger partial charge is 0.490 e. The van der Waals surface area contributed by atoms with Gasteiger partial charge < -0.3 is 15.3 Å². The molecule has 0 spiro atoms. The highest BCUT2D eigenvalue weighted by Crippen LogP contribution is 2.37. The van der Waals surface area contributed by atoms with E-state index in [1.54, 1.807) is 16.4 Å². The fourth-order valence-corrected chi connectivity index (χ4v) is 7.64. The molecule has 1 saturated carbocycles. The number of hydrogen-bond acceptors (Lipinski definition) is 6. The number of aromatic nitrogens is 1. The van der Waals surface area contributed by atoms with Crippen molar-refractivity contribution in [3.8, 4) is 0 Å². The summed E-state index contributed by atoms with van der Waals surface area (Å²) in [7, 11) is -3.46. The standard InChI is InChI=1S/C26H38N4O2S.C2HF3O2/c1-2-29-14-12-20(18-29)17-27-26-11-8-22-16-24(9-10-25(22)28-26)33(31,32)30-15-13-23(19-30)21-6-4-3-5-7-21;3-2(4,5)1(6)7/h8-11,16,20-21,23H,2-7,12-15,17-19H2,1H3,(H,27,28);(H,6,7). The van der Waals surface area contributed by atoms with E-state index in [0.717, 1.165) is 42.8 Å². The van der Waals surface area contributed by atoms with Crippen molar-refractivity contribution < 1.29 is 31.5 Å². The smallest absolute Gasteiger partial charge is 0.475 e. The van der Waals surface area contributed by atoms with Gasteiger partial charge in [0.2, 0.25) is 10.0 Å². The van der Waals surface area contributed by atoms with Crippen LogP contribution in [0.1, 0.15) is 51.9 Å². The minimum Gasteiger partial charge on any atom is -0.475 e. The monoisotopic (exact) mass is 584 g/mol. The zero-order valence-corrected chi connectivity index (χ0v) is 23.7. The Hall–Kier alpha value is -2.44. The van der Waals surface area contributed by atoms with E-state index in [1.807, 2.05) is 18.2 Å². The third kappa shape index (κ3) is 7.64. The molecule has 2 N–H and O–H groups in total. The predicted octanol–water partition coefficient (Wildman–Crippen LogP) is 5.21. The van der Waals surface area contributed by atoms with Crippen LogP contribution >= 0.6 is 0 Å². The molecular formula is C28H39F3N4O4S. The van der Waals surface area contributed by atoms with Crippen LogP contribution in [-0.4, -0.2) is 79.1 Å². The number of alkyl halides is 3. The average molecular weight is 585 g/mol. The van der Waals surface area contributed by atoms with Gasteiger partial charge in [-0.2, -0.15) is 17.5 Å². The molecule has 1 aromatic carbocycles. The summed E-state index contributed by atoms with van der Waals surface area (Å²) in [4.78, 5) is 16.5. The zero-order chi connectivity index (χ0) is 28.9. The van der Waals surface area contributed by atoms with Gasteiger partial charge in [0.25, 0.3) is 0 Å². The zero-order valence-electron chi connectivity index (χ0n) is 22.9. The average Bonchev–Trinajstić information content (AvgIpc) is 3.62. The molecule has 3 heterocycles. The van der Waals surface area contributed by atoms with Crippen LogP contribution in [0.3, 0.4) is 0 Å². The lowest BCUT2D eigenvalue weighted by atomic mass is 9.80. The van der Waals surface area contributed by atoms with Crippen molar-refractivity contribution in [2.75, 3.05) is 44.6 Å². The first kappa shape index (κ1) is 30.5. The maximum Gasteiger partial charge on any atom is 0.490 e. The fraction of sp³-hybridized carbons (Fsp3) is 0.643. The van der Waals surface area contributed by atoms with Crippen LogP contribution in [0.4, 0.5) is 19.0 Å². The van der Waals surface area contributed by atoms with Gasteiger partial charge >= 0.3 is 12.1 Å². The Balaban J connectivity index is 0.000000470. The Morgan fingerprint density at radius 2 is 1.75 bits per heavy atom. The highest BCUT2D eigenvalue weighted by molar-refractivity contribution is 7.89. The Kier molecular flexibility index (Phi) is 9.94. The number of hydrogen-bond donors (Lipinski definition) is 2. The van der Waals surface area contributed by atoms with E-state index < -0.39 is 22.2 Å². The number of nitrogens with one attached hydrogen (secondary N) is 1. The van der Waals surface area contributed by atoms with E-state index in [2.05, 4.69) is 17.1 Å². The number of nitrogens with zero attached hydrogens (tertiary/aromatic N) is 3. The van der Waals surface area contributed by atoms with Crippen LogP contribution in [0.2, 0.25) is 0 Å². The van der Waals surface area contributed by atoms with Crippen LogP contribution in [0, 0.1) is 17.8 Å². The summed E-state index contributed by atoms with van der Waals surface area (Å²) in [5.74, 6) is 0.00309. The SMILES string of the molecule is CCN1CCC(CNc2ccc3cc(S(=O)(=O)N4CCC(C5CCCCC5)C4)ccc3n2)C1.O=C(O)C(F)(F)F. The minimum atomic E-state index is -5.08. The molecule has 0 amide bonds. The van der Waals surface area contributed by atoms with E-state index in [9.17, 15) is 21.6 Å². The number of sulfonamides is 1. The first-order valence-electron chi connectivity index (χ1n) is 14.1. The Labute approximate surface area is 234 Å². The number of aliphatic carboxylic acids is 1. The fourth-order valence-electron chi connectivity index (χ4n) is 6.09. The van der Waals surface area contributed by atoms with E-state index in [0.29, 0.717) is 35.7 Å². The molecule has 2 saturated heterocycles. The van der Waals surface area contributed by atoms with Gasteiger partial charge in [-0.3, -0.25) is 0 Å². The number of fused-ring (bicyclic) bond motifs is 1. The van der Waals surface area contributed by atoms with Gasteiger partial charge in [-0.25, -0.2) is 18.2 Å². The molecule has 8 nitrogen and oxygen atoms in total. The molecule has 3 aliphatic rings. The topological polar surface area (TPSA) is 103 Å². The molecule has 222 valence electrons. The second-order valence-corrected chi connectivity index (χ2v) is 13.0. The summed E-state index contributed by atoms with van der Waals surface area (Å²) in [5.41, 5.74) is 0.835. The van der Waals surface area contributed by atoms with Gasteiger partial charge in [-0.15, -0.1) is 0 Å². The van der Waals surface area contributed by atoms with Crippen molar-refractivity contribution in [1.82, 2.24) is 14.2 Å². The molecule has 12 heteroatoms. The van der Waals surface area contributed by atoms with Gasteiger partial charge in [0.05, 0.1) is 10.4 Å². The summed E-state index contributed by atoms with van der Waals surface area (Å²) in [6, 6.07) is 9.35. The summed E-state index contributed by atoms with van der Waals surface area (Å²) in [6.45, 7) is 7.93. The van der Waals surface area contributed by atoms with Crippen LogP contribution in [0.25, 0.3) is 10.9 Å². The number of likely N-dealkylation sites (tertiary alicyclic amines) is 1. The number of halogens is 3. The van der Waals surface area contributed by atoms with Gasteiger partial charge in [-0.05, 0) is 74.0 Å². The van der Waals surface area contributed by atoms with Crippen molar-refractivity contribution in [2.45, 2.75) is 62.9 Å². The van der Waals surface area contributed by atoms with Crippen molar-refractivity contribution in [3.05, 3.63) is 30.3 Å². The van der Waals surface area contributed by atoms with Crippen molar-refractivity contribution in [3.63, 3.8) is 0 Å². The molecule has 1 aromatic heterocycles. The quantitative estimate of drug-likeness (QED) is 0.461. The molecule has 0 radical (unpaired) electrons. The van der Waals surface area contributed by atoms with Gasteiger partial charge in [0, 0.05) is 31.6 Å². The Morgan fingerprint density at radius 3 is 2.40 bits per heavy atom. The van der Waals surface area contributed by atoms with Gasteiger partial charge in [0.15, 0.2) is 0 Å². The van der Waals surface area contributed by atoms with Crippen LogP contribution in [0.15, 0.2) is 35.2 Å². The maximum absolute atomic E-state index is 13.4. The van der Waals surface area contributed by atoms with Crippen molar-refractivity contribution in [1.29, 1.82) is 0 Å². The highest BCUT2D eigenvalue weighted by Gasteiger charge is 2.38. The van der Waals surface area contributed by atoms with Crippen LogP contribution < -0.4 is 5.32 Å². The van der Waals surface area contributed by atoms with E-state index in [1.165, 1.54) is 45.1 Å². The second-order valence-electron chi connectivity index (χ2n) is 11.1. The van der Waals surface area contributed by atoms with E-state index in [4.69, 9.17) is 14.9 Å². The number of carboxylic acid groups (broad SMARTS) is 1. The van der Waals surface area contributed by atoms with Crippen LogP contribution in [0.5, 0.6) is 0 Å². The number of rotatable bonds is 7. The minimum absolute atomic E-state index is 0.396. The summed E-state index contributed by atoms with van der Waals surface area (Å²) in [5, 5.41) is 11.5. The summed E-state index contributed by atoms with van der Waals surface area (Å²) < 4.78 is 60.2. The molecule has 2 unspecified atom stereocenters. The third-order valence-corrected chi connectivity index (χ3v) is 10.3. The Bertz CT molecular complexity index is 1270. The molecule has 0 bridgehead atoms. The third-order valence-electron chi connectivity index (χ3n) is 8.43. The first-order valence-corrected chi connectivity index (χ1v) is 15.6.